The highest BCUT2D eigenvalue weighted by molar-refractivity contribution is 6.06. The molecular formula is C22H24O11. The molecule has 0 radical (unpaired) electrons. The van der Waals surface area contributed by atoms with Crippen LogP contribution in [0.2, 0.25) is 0 Å². The summed E-state index contributed by atoms with van der Waals surface area (Å²) in [6.45, 7) is -0.690. The smallest absolute Gasteiger partial charge is 0.202 e. The second kappa shape index (κ2) is 8.78. The van der Waals surface area contributed by atoms with Gasteiger partial charge in [-0.2, -0.15) is 0 Å². The van der Waals surface area contributed by atoms with E-state index in [-0.39, 0.29) is 28.4 Å². The Balaban J connectivity index is 1.79. The van der Waals surface area contributed by atoms with Crippen molar-refractivity contribution in [3.05, 3.63) is 47.0 Å². The molecule has 2 aromatic carbocycles. The maximum absolute atomic E-state index is 13.0. The topological polar surface area (TPSA) is 186 Å². The molecule has 0 saturated carbocycles. The average Bonchev–Trinajstić information content (AvgIpc) is 2.81. The van der Waals surface area contributed by atoms with E-state index in [1.807, 2.05) is 0 Å². The number of carbonyl (C=O) groups excluding carboxylic acids is 1. The normalized spacial score (nSPS) is 31.6. The molecule has 0 aliphatic carbocycles. The third-order valence-corrected chi connectivity index (χ3v) is 5.94. The van der Waals surface area contributed by atoms with E-state index >= 15 is 0 Å². The number of phenols is 2. The van der Waals surface area contributed by atoms with Crippen molar-refractivity contribution >= 4 is 5.78 Å². The van der Waals surface area contributed by atoms with E-state index in [9.17, 15) is 40.5 Å². The van der Waals surface area contributed by atoms with Gasteiger partial charge in [0.1, 0.15) is 59.1 Å². The summed E-state index contributed by atoms with van der Waals surface area (Å²) in [6, 6.07) is 6.95. The van der Waals surface area contributed by atoms with E-state index in [0.29, 0.717) is 5.56 Å². The zero-order valence-electron chi connectivity index (χ0n) is 17.4. The van der Waals surface area contributed by atoms with Gasteiger partial charge in [0.05, 0.1) is 19.3 Å². The van der Waals surface area contributed by atoms with Crippen LogP contribution in [0.4, 0.5) is 0 Å². The first-order valence-corrected chi connectivity index (χ1v) is 10.1. The van der Waals surface area contributed by atoms with Crippen LogP contribution < -0.4 is 9.47 Å². The van der Waals surface area contributed by atoms with Gasteiger partial charge in [-0.1, -0.05) is 12.1 Å². The lowest BCUT2D eigenvalue weighted by molar-refractivity contribution is -0.232. The van der Waals surface area contributed by atoms with Gasteiger partial charge in [-0.05, 0) is 17.7 Å². The summed E-state index contributed by atoms with van der Waals surface area (Å²) in [5, 5.41) is 71.2. The Hall–Kier alpha value is -2.93. The molecule has 178 valence electrons. The zero-order chi connectivity index (χ0) is 24.0. The number of aliphatic hydroxyl groups is 5. The molecule has 2 heterocycles. The number of carbonyl (C=O) groups is 1. The fourth-order valence-electron chi connectivity index (χ4n) is 4.15. The van der Waals surface area contributed by atoms with Gasteiger partial charge < -0.3 is 50.0 Å². The minimum absolute atomic E-state index is 0.0146. The van der Waals surface area contributed by atoms with Crippen molar-refractivity contribution in [1.29, 1.82) is 0 Å². The Labute approximate surface area is 187 Å². The average molecular weight is 464 g/mol. The van der Waals surface area contributed by atoms with Crippen molar-refractivity contribution < 1.29 is 54.8 Å². The number of ketones is 1. The predicted molar refractivity (Wildman–Crippen MR) is 109 cm³/mol. The molecule has 7 atom stereocenters. The van der Waals surface area contributed by atoms with E-state index < -0.39 is 60.9 Å². The lowest BCUT2D eigenvalue weighted by atomic mass is 9.86. The standard InChI is InChI=1S/C22H24O11/c1-31-10-6-11-13(17(27)19(29)21(32-11)8-2-4-9(24)5-3-8)16(26)14(10)22-20(30)18(28)15(25)12(7-23)33-22/h2-6,12,15,18-26,28-30H,7H2,1H3/t12-,15-,18+,19+,20-,21+,22+/m1/s1. The zero-order valence-corrected chi connectivity index (χ0v) is 17.4. The first-order chi connectivity index (χ1) is 15.7. The molecule has 0 aromatic heterocycles. The van der Waals surface area contributed by atoms with Crippen LogP contribution in [0, 0.1) is 0 Å². The van der Waals surface area contributed by atoms with Crippen molar-refractivity contribution in [3.8, 4) is 23.0 Å². The molecule has 2 aliphatic rings. The second-order valence-corrected chi connectivity index (χ2v) is 7.90. The van der Waals surface area contributed by atoms with E-state index in [1.54, 1.807) is 0 Å². The number of phenolic OH excluding ortho intramolecular Hbond substituents is 2. The van der Waals surface area contributed by atoms with Gasteiger partial charge in [-0.15, -0.1) is 0 Å². The van der Waals surface area contributed by atoms with Crippen LogP contribution in [0.25, 0.3) is 0 Å². The molecule has 0 unspecified atom stereocenters. The maximum atomic E-state index is 13.0. The SMILES string of the molecule is COc1cc2c(c(O)c1[C@@H]1O[C@H](CO)[C@@H](O)[C@H](O)[C@H]1O)C(=O)[C@H](O)[C@H](c1ccc(O)cc1)O2. The maximum Gasteiger partial charge on any atom is 0.202 e. The minimum atomic E-state index is -1.74. The van der Waals surface area contributed by atoms with Crippen LogP contribution in [0.5, 0.6) is 23.0 Å². The van der Waals surface area contributed by atoms with E-state index in [0.717, 1.165) is 0 Å². The molecular weight excluding hydrogens is 440 g/mol. The van der Waals surface area contributed by atoms with Gasteiger partial charge in [-0.3, -0.25) is 4.79 Å². The number of hydrogen-bond acceptors (Lipinski definition) is 11. The van der Waals surface area contributed by atoms with Crippen molar-refractivity contribution in [2.75, 3.05) is 13.7 Å². The summed E-state index contributed by atoms with van der Waals surface area (Å²) in [4.78, 5) is 13.0. The first-order valence-electron chi connectivity index (χ1n) is 10.1. The Morgan fingerprint density at radius 3 is 2.24 bits per heavy atom. The van der Waals surface area contributed by atoms with E-state index in [4.69, 9.17) is 14.2 Å². The third kappa shape index (κ3) is 3.78. The van der Waals surface area contributed by atoms with Crippen LogP contribution in [0.15, 0.2) is 30.3 Å². The highest BCUT2D eigenvalue weighted by Gasteiger charge is 2.48. The van der Waals surface area contributed by atoms with Gasteiger partial charge in [0.15, 0.2) is 12.2 Å². The molecule has 1 saturated heterocycles. The summed E-state index contributed by atoms with van der Waals surface area (Å²) >= 11 is 0. The van der Waals surface area contributed by atoms with Crippen molar-refractivity contribution in [3.63, 3.8) is 0 Å². The fraction of sp³-hybridized carbons (Fsp3) is 0.409. The van der Waals surface area contributed by atoms with Gasteiger partial charge in [0.25, 0.3) is 0 Å². The van der Waals surface area contributed by atoms with Crippen molar-refractivity contribution in [1.82, 2.24) is 0 Å². The molecule has 0 spiro atoms. The molecule has 0 amide bonds. The van der Waals surface area contributed by atoms with E-state index in [2.05, 4.69) is 0 Å². The molecule has 1 fully saturated rings. The van der Waals surface area contributed by atoms with Gasteiger partial charge in [0.2, 0.25) is 5.78 Å². The van der Waals surface area contributed by atoms with Gasteiger partial charge in [-0.25, -0.2) is 0 Å². The number of Topliss-reactive ketones (excluding diaryl/α,β-unsaturated/α-hetero) is 1. The Morgan fingerprint density at radius 2 is 1.64 bits per heavy atom. The summed E-state index contributed by atoms with van der Waals surface area (Å²) in [5.74, 6) is -1.77. The Bertz CT molecular complexity index is 1040. The van der Waals surface area contributed by atoms with Crippen molar-refractivity contribution in [2.24, 2.45) is 0 Å². The van der Waals surface area contributed by atoms with Crippen LogP contribution in [0.1, 0.15) is 33.7 Å². The minimum Gasteiger partial charge on any atom is -0.508 e. The summed E-state index contributed by atoms with van der Waals surface area (Å²) in [7, 11) is 1.26. The molecule has 2 aliphatic heterocycles. The summed E-state index contributed by atoms with van der Waals surface area (Å²) in [5.41, 5.74) is -0.207. The molecule has 0 bridgehead atoms. The number of methoxy groups -OCH3 is 1. The number of aromatic hydroxyl groups is 2. The molecule has 2 aromatic rings. The van der Waals surface area contributed by atoms with Crippen LogP contribution in [-0.2, 0) is 4.74 Å². The molecule has 11 nitrogen and oxygen atoms in total. The predicted octanol–water partition coefficient (Wildman–Crippen LogP) is -0.701. The monoisotopic (exact) mass is 464 g/mol. The van der Waals surface area contributed by atoms with Crippen LogP contribution in [0.3, 0.4) is 0 Å². The van der Waals surface area contributed by atoms with Gasteiger partial charge in [0, 0.05) is 6.07 Å². The molecule has 33 heavy (non-hydrogen) atoms. The lowest BCUT2D eigenvalue weighted by Crippen LogP contribution is -2.55. The van der Waals surface area contributed by atoms with Crippen LogP contribution in [-0.4, -0.2) is 85.8 Å². The highest BCUT2D eigenvalue weighted by atomic mass is 16.5. The fourth-order valence-corrected chi connectivity index (χ4v) is 4.15. The second-order valence-electron chi connectivity index (χ2n) is 7.90. The van der Waals surface area contributed by atoms with Crippen LogP contribution >= 0.6 is 0 Å². The lowest BCUT2D eigenvalue weighted by Gasteiger charge is -2.41. The Kier molecular flexibility index (Phi) is 6.18. The highest BCUT2D eigenvalue weighted by Crippen LogP contribution is 2.49. The Morgan fingerprint density at radius 1 is 0.970 bits per heavy atom. The summed E-state index contributed by atoms with van der Waals surface area (Å²) in [6.07, 6.45) is -10.7. The van der Waals surface area contributed by atoms with E-state index in [1.165, 1.54) is 37.4 Å². The first kappa shape index (κ1) is 23.2. The third-order valence-electron chi connectivity index (χ3n) is 5.94. The molecule has 7 N–H and O–H groups in total. The number of benzene rings is 2. The number of hydrogen-bond donors (Lipinski definition) is 7. The quantitative estimate of drug-likeness (QED) is 0.303. The number of rotatable bonds is 4. The number of aliphatic hydroxyl groups excluding tert-OH is 5. The molecule has 4 rings (SSSR count). The van der Waals surface area contributed by atoms with Crippen molar-refractivity contribution in [2.45, 2.75) is 42.7 Å². The largest absolute Gasteiger partial charge is 0.508 e. The number of fused-ring (bicyclic) bond motifs is 1. The number of ether oxygens (including phenoxy) is 3. The summed E-state index contributed by atoms with van der Waals surface area (Å²) < 4.78 is 16.6. The molecule has 11 heteroatoms. The van der Waals surface area contributed by atoms with Gasteiger partial charge >= 0.3 is 0 Å².